The number of anilines is 1. The van der Waals surface area contributed by atoms with Gasteiger partial charge in [-0.1, -0.05) is 65.8 Å². The average molecular weight is 450 g/mol. The van der Waals surface area contributed by atoms with Crippen LogP contribution in [0, 0.1) is 0 Å². The van der Waals surface area contributed by atoms with Gasteiger partial charge in [-0.2, -0.15) is 0 Å². The van der Waals surface area contributed by atoms with Crippen LogP contribution in [0.2, 0.25) is 0 Å². The normalized spacial score (nSPS) is 14.8. The molecule has 0 amide bonds. The Hall–Kier alpha value is -2.67. The lowest BCUT2D eigenvalue weighted by atomic mass is 10.1. The quantitative estimate of drug-likeness (QED) is 0.414. The van der Waals surface area contributed by atoms with Crippen molar-refractivity contribution in [2.45, 2.75) is 38.3 Å². The largest absolute Gasteiger partial charge is 0.391 e. The summed E-state index contributed by atoms with van der Waals surface area (Å²) in [4.78, 5) is 4.62. The van der Waals surface area contributed by atoms with Crippen LogP contribution in [0.4, 0.5) is 5.88 Å². The third kappa shape index (κ3) is 6.44. The summed E-state index contributed by atoms with van der Waals surface area (Å²) in [5.41, 5.74) is 4.21. The van der Waals surface area contributed by atoms with Gasteiger partial charge in [0.1, 0.15) is 5.69 Å². The summed E-state index contributed by atoms with van der Waals surface area (Å²) in [6.45, 7) is 4.78. The molecule has 1 aliphatic rings. The third-order valence-corrected chi connectivity index (χ3v) is 6.20. The number of methoxy groups -OCH3 is 1. The van der Waals surface area contributed by atoms with Crippen LogP contribution < -0.4 is 4.90 Å². The Balaban J connectivity index is 1.56. The highest BCUT2D eigenvalue weighted by molar-refractivity contribution is 5.68. The van der Waals surface area contributed by atoms with Crippen molar-refractivity contribution in [2.75, 3.05) is 44.8 Å². The maximum Gasteiger partial charge on any atom is 0.232 e. The van der Waals surface area contributed by atoms with Crippen molar-refractivity contribution < 1.29 is 14.4 Å². The summed E-state index contributed by atoms with van der Waals surface area (Å²) >= 11 is 0. The molecule has 1 aliphatic heterocycles. The van der Waals surface area contributed by atoms with Crippen molar-refractivity contribution in [2.24, 2.45) is 0 Å². The molecule has 4 rings (SSSR count). The standard InChI is InChI=1S/C27H35N3O3/c1-32-18-10-15-29(20-24(31)19-22-11-4-2-5-12-22)21-25-26(23-13-6-3-7-14-23)28-33-27(25)30-16-8-9-17-30/h2-7,11-14,24,31H,8-10,15-21H2,1H3/t24-/m0/s1. The van der Waals surface area contributed by atoms with E-state index >= 15 is 0 Å². The molecule has 0 bridgehead atoms. The molecule has 6 nitrogen and oxygen atoms in total. The minimum atomic E-state index is -0.454. The molecule has 0 spiro atoms. The molecule has 0 aliphatic carbocycles. The Morgan fingerprint density at radius 1 is 1.06 bits per heavy atom. The van der Waals surface area contributed by atoms with E-state index in [-0.39, 0.29) is 0 Å². The monoisotopic (exact) mass is 449 g/mol. The van der Waals surface area contributed by atoms with Crippen molar-refractivity contribution in [1.29, 1.82) is 0 Å². The minimum Gasteiger partial charge on any atom is -0.391 e. The Labute approximate surface area is 196 Å². The summed E-state index contributed by atoms with van der Waals surface area (Å²) in [5, 5.41) is 15.4. The summed E-state index contributed by atoms with van der Waals surface area (Å²) in [6, 6.07) is 20.4. The Kier molecular flexibility index (Phi) is 8.53. The molecule has 1 aromatic heterocycles. The molecule has 33 heavy (non-hydrogen) atoms. The number of hydrogen-bond donors (Lipinski definition) is 1. The van der Waals surface area contributed by atoms with Crippen LogP contribution in [0.1, 0.15) is 30.4 Å². The van der Waals surface area contributed by atoms with Crippen LogP contribution in [0.25, 0.3) is 11.3 Å². The number of benzene rings is 2. The molecule has 1 fully saturated rings. The second kappa shape index (κ2) is 12.0. The summed E-state index contributed by atoms with van der Waals surface area (Å²) in [6.07, 6.45) is 3.43. The van der Waals surface area contributed by atoms with Crippen molar-refractivity contribution in [3.05, 3.63) is 71.8 Å². The van der Waals surface area contributed by atoms with Gasteiger partial charge < -0.3 is 19.3 Å². The lowest BCUT2D eigenvalue weighted by Crippen LogP contribution is -2.35. The number of aliphatic hydroxyl groups is 1. The number of aliphatic hydroxyl groups excluding tert-OH is 1. The second-order valence-corrected chi connectivity index (χ2v) is 8.80. The fourth-order valence-corrected chi connectivity index (χ4v) is 4.57. The van der Waals surface area contributed by atoms with Crippen molar-refractivity contribution >= 4 is 5.88 Å². The zero-order valence-electron chi connectivity index (χ0n) is 19.5. The molecule has 2 aromatic carbocycles. The van der Waals surface area contributed by atoms with Crippen molar-refractivity contribution in [1.82, 2.24) is 10.1 Å². The molecule has 0 unspecified atom stereocenters. The number of ether oxygens (including phenoxy) is 1. The molecule has 176 valence electrons. The van der Waals surface area contributed by atoms with Crippen LogP contribution in [0.15, 0.2) is 65.2 Å². The van der Waals surface area contributed by atoms with Crippen LogP contribution in [0.5, 0.6) is 0 Å². The van der Waals surface area contributed by atoms with Gasteiger partial charge in [0.05, 0.1) is 11.7 Å². The van der Waals surface area contributed by atoms with E-state index in [0.717, 1.165) is 54.3 Å². The Morgan fingerprint density at radius 3 is 2.45 bits per heavy atom. The summed E-state index contributed by atoms with van der Waals surface area (Å²) in [7, 11) is 1.73. The highest BCUT2D eigenvalue weighted by Gasteiger charge is 2.26. The lowest BCUT2D eigenvalue weighted by Gasteiger charge is -2.26. The molecular formula is C27H35N3O3. The van der Waals surface area contributed by atoms with Crippen LogP contribution in [0.3, 0.4) is 0 Å². The van der Waals surface area contributed by atoms with E-state index in [1.54, 1.807) is 7.11 Å². The van der Waals surface area contributed by atoms with Gasteiger partial charge in [-0.15, -0.1) is 0 Å². The number of nitrogens with zero attached hydrogens (tertiary/aromatic N) is 3. The van der Waals surface area contributed by atoms with Gasteiger partial charge in [0.2, 0.25) is 5.88 Å². The number of aromatic nitrogens is 1. The number of hydrogen-bond acceptors (Lipinski definition) is 6. The van der Waals surface area contributed by atoms with E-state index < -0.39 is 6.10 Å². The highest BCUT2D eigenvalue weighted by atomic mass is 16.5. The second-order valence-electron chi connectivity index (χ2n) is 8.80. The first kappa shape index (κ1) is 23.5. The SMILES string of the molecule is COCCCN(Cc1c(-c2ccccc2)noc1N1CCCC1)C[C@@H](O)Cc1ccccc1. The van der Waals surface area contributed by atoms with Gasteiger partial charge in [0.15, 0.2) is 0 Å². The first-order chi connectivity index (χ1) is 16.2. The maximum absolute atomic E-state index is 10.9. The zero-order valence-corrected chi connectivity index (χ0v) is 19.5. The summed E-state index contributed by atoms with van der Waals surface area (Å²) < 4.78 is 11.2. The van der Waals surface area contributed by atoms with Gasteiger partial charge in [-0.3, -0.25) is 4.90 Å². The fourth-order valence-electron chi connectivity index (χ4n) is 4.57. The van der Waals surface area contributed by atoms with Crippen molar-refractivity contribution in [3.8, 4) is 11.3 Å². The molecule has 0 saturated carbocycles. The van der Waals surface area contributed by atoms with Crippen molar-refractivity contribution in [3.63, 3.8) is 0 Å². The lowest BCUT2D eigenvalue weighted by molar-refractivity contribution is 0.0994. The van der Waals surface area contributed by atoms with Gasteiger partial charge in [-0.25, -0.2) is 0 Å². The minimum absolute atomic E-state index is 0.454. The van der Waals surface area contributed by atoms with Gasteiger partial charge in [0, 0.05) is 52.0 Å². The van der Waals surface area contributed by atoms with E-state index in [1.165, 1.54) is 12.8 Å². The van der Waals surface area contributed by atoms with E-state index in [0.29, 0.717) is 26.1 Å². The predicted octanol–water partition coefficient (Wildman–Crippen LogP) is 4.38. The van der Waals surface area contributed by atoms with Crippen LogP contribution >= 0.6 is 0 Å². The van der Waals surface area contributed by atoms with E-state index in [9.17, 15) is 5.11 Å². The Bertz CT molecular complexity index is 955. The first-order valence-electron chi connectivity index (χ1n) is 12.0. The maximum atomic E-state index is 10.9. The molecule has 1 N–H and O–H groups in total. The Morgan fingerprint density at radius 2 is 1.76 bits per heavy atom. The molecular weight excluding hydrogens is 414 g/mol. The van der Waals surface area contributed by atoms with E-state index in [1.807, 2.05) is 36.4 Å². The predicted molar refractivity (Wildman–Crippen MR) is 131 cm³/mol. The highest BCUT2D eigenvalue weighted by Crippen LogP contribution is 2.34. The van der Waals surface area contributed by atoms with Crippen LogP contribution in [-0.2, 0) is 17.7 Å². The van der Waals surface area contributed by atoms with E-state index in [4.69, 9.17) is 9.26 Å². The van der Waals surface area contributed by atoms with Crippen LogP contribution in [-0.4, -0.2) is 61.2 Å². The molecule has 1 atom stereocenters. The topological polar surface area (TPSA) is 62.0 Å². The van der Waals surface area contributed by atoms with E-state index in [2.05, 4.69) is 39.2 Å². The van der Waals surface area contributed by atoms with Gasteiger partial charge in [-0.05, 0) is 31.2 Å². The van der Waals surface area contributed by atoms with Gasteiger partial charge >= 0.3 is 0 Å². The number of rotatable bonds is 12. The smallest absolute Gasteiger partial charge is 0.232 e. The molecule has 3 aromatic rings. The molecule has 2 heterocycles. The fraction of sp³-hybridized carbons (Fsp3) is 0.444. The zero-order chi connectivity index (χ0) is 22.9. The third-order valence-electron chi connectivity index (χ3n) is 6.20. The van der Waals surface area contributed by atoms with Gasteiger partial charge in [0.25, 0.3) is 0 Å². The molecule has 1 saturated heterocycles. The first-order valence-corrected chi connectivity index (χ1v) is 12.0. The average Bonchev–Trinajstić information content (AvgIpc) is 3.50. The molecule has 6 heteroatoms. The molecule has 0 radical (unpaired) electrons. The summed E-state index contributed by atoms with van der Waals surface area (Å²) in [5.74, 6) is 0.876.